The summed E-state index contributed by atoms with van der Waals surface area (Å²) in [7, 11) is 1.70. The van der Waals surface area contributed by atoms with Gasteiger partial charge in [0.05, 0.1) is 12.2 Å². The van der Waals surface area contributed by atoms with Crippen LogP contribution in [0.5, 0.6) is 11.5 Å². The van der Waals surface area contributed by atoms with Crippen molar-refractivity contribution in [1.82, 2.24) is 20.2 Å². The van der Waals surface area contributed by atoms with E-state index in [0.29, 0.717) is 41.7 Å². The van der Waals surface area contributed by atoms with Gasteiger partial charge in [-0.25, -0.2) is 14.6 Å². The Labute approximate surface area is 194 Å². The summed E-state index contributed by atoms with van der Waals surface area (Å²) >= 11 is 0. The molecule has 0 aromatic heterocycles. The first-order chi connectivity index (χ1) is 16.4. The summed E-state index contributed by atoms with van der Waals surface area (Å²) < 4.78 is 24.3. The van der Waals surface area contributed by atoms with E-state index < -0.39 is 29.7 Å². The SMILES string of the molecule is CN1C=C2C(N1)C(=O)N(Cc1ccc(F)cc1)C(=O)N2CC(=O)Nc1ccc2c(c1)OCCO2. The van der Waals surface area contributed by atoms with Crippen molar-refractivity contribution in [2.75, 3.05) is 32.1 Å². The van der Waals surface area contributed by atoms with Crippen molar-refractivity contribution in [3.8, 4) is 11.5 Å². The number of hydrazine groups is 1. The number of anilines is 1. The van der Waals surface area contributed by atoms with Crippen molar-refractivity contribution < 1.29 is 28.2 Å². The van der Waals surface area contributed by atoms with Crippen molar-refractivity contribution in [2.45, 2.75) is 12.6 Å². The molecule has 1 atom stereocenters. The van der Waals surface area contributed by atoms with Crippen LogP contribution < -0.4 is 20.2 Å². The third kappa shape index (κ3) is 4.13. The molecule has 0 radical (unpaired) electrons. The molecule has 1 fully saturated rings. The van der Waals surface area contributed by atoms with Crippen LogP contribution in [0.15, 0.2) is 54.4 Å². The number of hydrogen-bond donors (Lipinski definition) is 2. The second kappa shape index (κ2) is 8.67. The maximum Gasteiger partial charge on any atom is 0.331 e. The van der Waals surface area contributed by atoms with Gasteiger partial charge in [0.15, 0.2) is 11.5 Å². The monoisotopic (exact) mass is 467 g/mol. The van der Waals surface area contributed by atoms with E-state index in [9.17, 15) is 18.8 Å². The lowest BCUT2D eigenvalue weighted by Crippen LogP contribution is -2.60. The molecule has 3 aliphatic heterocycles. The summed E-state index contributed by atoms with van der Waals surface area (Å²) in [6.45, 7) is 0.522. The molecule has 10 nitrogen and oxygen atoms in total. The zero-order valence-corrected chi connectivity index (χ0v) is 18.3. The van der Waals surface area contributed by atoms with Gasteiger partial charge >= 0.3 is 6.03 Å². The van der Waals surface area contributed by atoms with E-state index in [1.807, 2.05) is 0 Å². The number of imide groups is 1. The number of ether oxygens (including phenoxy) is 2. The number of hydrogen-bond acceptors (Lipinski definition) is 7. The summed E-state index contributed by atoms with van der Waals surface area (Å²) in [6.07, 6.45) is 1.60. The van der Waals surface area contributed by atoms with Crippen LogP contribution in [-0.4, -0.2) is 65.5 Å². The van der Waals surface area contributed by atoms with Gasteiger partial charge in [-0.2, -0.15) is 0 Å². The van der Waals surface area contributed by atoms with Crippen molar-refractivity contribution in [1.29, 1.82) is 0 Å². The zero-order valence-electron chi connectivity index (χ0n) is 18.3. The van der Waals surface area contributed by atoms with Crippen LogP contribution in [0.25, 0.3) is 0 Å². The Kier molecular flexibility index (Phi) is 5.54. The minimum absolute atomic E-state index is 0.0482. The molecule has 11 heteroatoms. The first-order valence-electron chi connectivity index (χ1n) is 10.7. The third-order valence-electron chi connectivity index (χ3n) is 5.62. The molecule has 1 unspecified atom stereocenters. The van der Waals surface area contributed by atoms with E-state index >= 15 is 0 Å². The van der Waals surface area contributed by atoms with E-state index in [4.69, 9.17) is 9.47 Å². The van der Waals surface area contributed by atoms with Crippen molar-refractivity contribution >= 4 is 23.5 Å². The first-order valence-corrected chi connectivity index (χ1v) is 10.7. The third-order valence-corrected chi connectivity index (χ3v) is 5.62. The summed E-state index contributed by atoms with van der Waals surface area (Å²) in [5.74, 6) is -0.192. The average molecular weight is 467 g/mol. The van der Waals surface area contributed by atoms with Gasteiger partial charge in [0, 0.05) is 25.0 Å². The van der Waals surface area contributed by atoms with E-state index in [1.54, 1.807) is 36.5 Å². The van der Waals surface area contributed by atoms with Gasteiger partial charge < -0.3 is 19.8 Å². The van der Waals surface area contributed by atoms with Crippen molar-refractivity contribution in [3.05, 3.63) is 65.7 Å². The number of carbonyl (C=O) groups is 3. The highest BCUT2D eigenvalue weighted by Gasteiger charge is 2.46. The lowest BCUT2D eigenvalue weighted by Gasteiger charge is -2.37. The summed E-state index contributed by atoms with van der Waals surface area (Å²) in [4.78, 5) is 41.5. The first kappa shape index (κ1) is 21.7. The Morgan fingerprint density at radius 3 is 2.59 bits per heavy atom. The fourth-order valence-corrected chi connectivity index (χ4v) is 4.04. The fourth-order valence-electron chi connectivity index (χ4n) is 4.04. The molecule has 0 aliphatic carbocycles. The Balaban J connectivity index is 1.34. The number of carbonyl (C=O) groups excluding carboxylic acids is 3. The quantitative estimate of drug-likeness (QED) is 0.690. The van der Waals surface area contributed by atoms with Crippen molar-refractivity contribution in [2.24, 2.45) is 0 Å². The highest BCUT2D eigenvalue weighted by Crippen LogP contribution is 2.33. The number of halogens is 1. The molecular weight excluding hydrogens is 445 g/mol. The molecule has 1 saturated heterocycles. The van der Waals surface area contributed by atoms with Crippen LogP contribution in [0.4, 0.5) is 14.9 Å². The highest BCUT2D eigenvalue weighted by molar-refractivity contribution is 6.05. The molecule has 0 spiro atoms. The van der Waals surface area contributed by atoms with Gasteiger partial charge in [0.2, 0.25) is 5.91 Å². The van der Waals surface area contributed by atoms with E-state index in [0.717, 1.165) is 4.90 Å². The Bertz CT molecular complexity index is 1180. The fraction of sp³-hybridized carbons (Fsp3) is 0.261. The lowest BCUT2D eigenvalue weighted by atomic mass is 10.1. The topological polar surface area (TPSA) is 103 Å². The second-order valence-electron chi connectivity index (χ2n) is 8.05. The number of fused-ring (bicyclic) bond motifs is 2. The molecule has 0 bridgehead atoms. The molecule has 176 valence electrons. The number of amides is 4. The van der Waals surface area contributed by atoms with Gasteiger partial charge in [0.25, 0.3) is 5.91 Å². The van der Waals surface area contributed by atoms with Crippen LogP contribution in [0.1, 0.15) is 5.56 Å². The zero-order chi connectivity index (χ0) is 23.8. The van der Waals surface area contributed by atoms with Crippen LogP contribution in [0, 0.1) is 5.82 Å². The summed E-state index contributed by atoms with van der Waals surface area (Å²) in [5, 5.41) is 4.33. The van der Waals surface area contributed by atoms with Gasteiger partial charge in [-0.3, -0.25) is 19.4 Å². The van der Waals surface area contributed by atoms with Crippen molar-refractivity contribution in [3.63, 3.8) is 0 Å². The van der Waals surface area contributed by atoms with Crippen LogP contribution in [0.3, 0.4) is 0 Å². The molecule has 0 saturated carbocycles. The Hall–Kier alpha value is -4.12. The predicted molar refractivity (Wildman–Crippen MR) is 118 cm³/mol. The van der Waals surface area contributed by atoms with E-state index in [2.05, 4.69) is 10.7 Å². The standard InChI is InChI=1S/C23H22FN5O5/c1-27-12-17-21(26-27)22(31)29(11-14-2-4-15(24)5-3-14)23(32)28(17)13-20(30)25-16-6-7-18-19(10-16)34-9-8-33-18/h2-7,10,12,21,26H,8-9,11,13H2,1H3,(H,25,30). The second-order valence-corrected chi connectivity index (χ2v) is 8.05. The number of urea groups is 1. The molecule has 4 amide bonds. The Morgan fingerprint density at radius 2 is 1.82 bits per heavy atom. The molecule has 5 rings (SSSR count). The van der Waals surface area contributed by atoms with Gasteiger partial charge in [-0.15, -0.1) is 0 Å². The number of benzene rings is 2. The van der Waals surface area contributed by atoms with Gasteiger partial charge in [0.1, 0.15) is 31.6 Å². The Morgan fingerprint density at radius 1 is 1.09 bits per heavy atom. The maximum absolute atomic E-state index is 13.3. The normalized spacial score (nSPS) is 19.2. The minimum Gasteiger partial charge on any atom is -0.486 e. The van der Waals surface area contributed by atoms with Crippen LogP contribution in [0.2, 0.25) is 0 Å². The number of nitrogens with zero attached hydrogens (tertiary/aromatic N) is 3. The number of rotatable bonds is 5. The average Bonchev–Trinajstić information content (AvgIpc) is 3.22. The smallest absolute Gasteiger partial charge is 0.331 e. The molecular formula is C23H22FN5O5. The molecule has 34 heavy (non-hydrogen) atoms. The van der Waals surface area contributed by atoms with E-state index in [-0.39, 0.29) is 13.1 Å². The largest absolute Gasteiger partial charge is 0.486 e. The molecule has 3 aliphatic rings. The molecule has 2 N–H and O–H groups in total. The molecule has 3 heterocycles. The predicted octanol–water partition coefficient (Wildman–Crippen LogP) is 1.66. The maximum atomic E-state index is 13.3. The number of nitrogens with one attached hydrogen (secondary N) is 2. The lowest BCUT2D eigenvalue weighted by molar-refractivity contribution is -0.133. The minimum atomic E-state index is -0.815. The van der Waals surface area contributed by atoms with E-state index in [1.165, 1.54) is 29.2 Å². The molecule has 2 aromatic rings. The molecule has 2 aromatic carbocycles. The van der Waals surface area contributed by atoms with Crippen LogP contribution >= 0.6 is 0 Å². The van der Waals surface area contributed by atoms with Crippen LogP contribution in [-0.2, 0) is 16.1 Å². The van der Waals surface area contributed by atoms with Gasteiger partial charge in [-0.1, -0.05) is 12.1 Å². The summed E-state index contributed by atoms with van der Waals surface area (Å²) in [6, 6.07) is 9.13. The summed E-state index contributed by atoms with van der Waals surface area (Å²) in [5.41, 5.74) is 4.43. The highest BCUT2D eigenvalue weighted by atomic mass is 19.1. The van der Waals surface area contributed by atoms with Gasteiger partial charge in [-0.05, 0) is 29.8 Å².